The standard InChI is InChI=1S/C10H11N5O5/c11-7-3-8(13-1-12-7)15(2-14-3)9-5(17)4(16)6(20-9)10(18)19/h1-2,4-6,9,16-17H,(H,18,19)(H2,11,12,13)/p-1/t4-,5+,6+,9+/m0/s1. The van der Waals surface area contributed by atoms with E-state index in [9.17, 15) is 20.1 Å². The van der Waals surface area contributed by atoms with Gasteiger partial charge in [0.05, 0.1) is 12.3 Å². The van der Waals surface area contributed by atoms with E-state index in [1.165, 1.54) is 17.2 Å². The van der Waals surface area contributed by atoms with Crippen molar-refractivity contribution in [3.63, 3.8) is 0 Å². The summed E-state index contributed by atoms with van der Waals surface area (Å²) in [5.41, 5.74) is 6.17. The molecule has 1 saturated heterocycles. The Balaban J connectivity index is 2.04. The lowest BCUT2D eigenvalue weighted by molar-refractivity contribution is -0.318. The molecule has 106 valence electrons. The van der Waals surface area contributed by atoms with Crippen molar-refractivity contribution in [2.24, 2.45) is 0 Å². The van der Waals surface area contributed by atoms with Crippen LogP contribution in [0.15, 0.2) is 12.7 Å². The van der Waals surface area contributed by atoms with Crippen LogP contribution in [0.4, 0.5) is 5.82 Å². The van der Waals surface area contributed by atoms with Crippen LogP contribution >= 0.6 is 0 Å². The second-order valence-corrected chi connectivity index (χ2v) is 4.33. The molecule has 4 N–H and O–H groups in total. The number of nitrogens with zero attached hydrogens (tertiary/aromatic N) is 4. The fraction of sp³-hybridized carbons (Fsp3) is 0.400. The minimum atomic E-state index is -1.63. The summed E-state index contributed by atoms with van der Waals surface area (Å²) in [6.07, 6.45) is -3.40. The van der Waals surface area contributed by atoms with Crippen molar-refractivity contribution in [3.8, 4) is 0 Å². The van der Waals surface area contributed by atoms with E-state index in [4.69, 9.17) is 10.5 Å². The van der Waals surface area contributed by atoms with Gasteiger partial charge in [0.1, 0.15) is 30.2 Å². The Morgan fingerprint density at radius 1 is 1.35 bits per heavy atom. The van der Waals surface area contributed by atoms with Crippen LogP contribution < -0.4 is 10.8 Å². The van der Waals surface area contributed by atoms with E-state index in [2.05, 4.69) is 15.0 Å². The van der Waals surface area contributed by atoms with Crippen LogP contribution in [0.1, 0.15) is 6.23 Å². The first kappa shape index (κ1) is 12.7. The van der Waals surface area contributed by atoms with Crippen LogP contribution in [0.25, 0.3) is 11.2 Å². The maximum Gasteiger partial charge on any atom is 0.167 e. The lowest BCUT2D eigenvalue weighted by Gasteiger charge is -2.16. The van der Waals surface area contributed by atoms with Crippen LogP contribution in [0, 0.1) is 0 Å². The topological polar surface area (TPSA) is 159 Å². The van der Waals surface area contributed by atoms with Gasteiger partial charge in [0.2, 0.25) is 0 Å². The number of aromatic nitrogens is 4. The summed E-state index contributed by atoms with van der Waals surface area (Å²) in [6.45, 7) is 0. The molecule has 1 aliphatic heterocycles. The molecule has 10 heteroatoms. The first-order chi connectivity index (χ1) is 9.50. The van der Waals surface area contributed by atoms with Crippen LogP contribution in [0.5, 0.6) is 0 Å². The largest absolute Gasteiger partial charge is 0.547 e. The number of aliphatic carboxylic acids is 1. The molecule has 0 saturated carbocycles. The maximum absolute atomic E-state index is 10.8. The van der Waals surface area contributed by atoms with Crippen LogP contribution in [-0.4, -0.2) is 54.0 Å². The highest BCUT2D eigenvalue weighted by molar-refractivity contribution is 5.81. The van der Waals surface area contributed by atoms with Gasteiger partial charge in [-0.1, -0.05) is 0 Å². The molecule has 1 aliphatic rings. The van der Waals surface area contributed by atoms with Gasteiger partial charge in [0.15, 0.2) is 17.7 Å². The molecule has 0 radical (unpaired) electrons. The first-order valence-corrected chi connectivity index (χ1v) is 5.66. The van der Waals surface area contributed by atoms with E-state index >= 15 is 0 Å². The number of nitrogens with two attached hydrogens (primary N) is 1. The Labute approximate surface area is 111 Å². The third kappa shape index (κ3) is 1.70. The fourth-order valence-electron chi connectivity index (χ4n) is 2.14. The number of hydrogen-bond donors (Lipinski definition) is 3. The normalized spacial score (nSPS) is 29.9. The third-order valence-electron chi connectivity index (χ3n) is 3.13. The molecule has 2 aromatic rings. The molecule has 2 aromatic heterocycles. The van der Waals surface area contributed by atoms with E-state index in [1.807, 2.05) is 0 Å². The van der Waals surface area contributed by atoms with Gasteiger partial charge in [-0.15, -0.1) is 0 Å². The highest BCUT2D eigenvalue weighted by Crippen LogP contribution is 2.31. The van der Waals surface area contributed by atoms with Crippen molar-refractivity contribution in [1.82, 2.24) is 19.5 Å². The van der Waals surface area contributed by atoms with Gasteiger partial charge in [-0.05, 0) is 0 Å². The van der Waals surface area contributed by atoms with Gasteiger partial charge in [0, 0.05) is 0 Å². The van der Waals surface area contributed by atoms with E-state index in [1.54, 1.807) is 0 Å². The number of carboxylic acids is 1. The zero-order valence-corrected chi connectivity index (χ0v) is 9.95. The Morgan fingerprint density at radius 2 is 2.10 bits per heavy atom. The molecule has 0 unspecified atom stereocenters. The predicted octanol–water partition coefficient (Wildman–Crippen LogP) is -3.22. The maximum atomic E-state index is 10.8. The number of aliphatic hydroxyl groups excluding tert-OH is 2. The molecular formula is C10H10N5O5-. The van der Waals surface area contributed by atoms with Gasteiger partial charge in [-0.3, -0.25) is 4.57 Å². The van der Waals surface area contributed by atoms with Crippen molar-refractivity contribution in [1.29, 1.82) is 0 Å². The second-order valence-electron chi connectivity index (χ2n) is 4.33. The summed E-state index contributed by atoms with van der Waals surface area (Å²) < 4.78 is 6.38. The predicted molar refractivity (Wildman–Crippen MR) is 60.7 cm³/mol. The highest BCUT2D eigenvalue weighted by Gasteiger charge is 2.45. The monoisotopic (exact) mass is 280 g/mol. The number of carbonyl (C=O) groups excluding carboxylic acids is 1. The molecule has 0 amide bonds. The van der Waals surface area contributed by atoms with Crippen molar-refractivity contribution >= 4 is 23.0 Å². The summed E-state index contributed by atoms with van der Waals surface area (Å²) in [6, 6.07) is 0. The van der Waals surface area contributed by atoms with Gasteiger partial charge in [-0.2, -0.15) is 0 Å². The number of imidazole rings is 1. The van der Waals surface area contributed by atoms with Crippen molar-refractivity contribution in [3.05, 3.63) is 12.7 Å². The van der Waals surface area contributed by atoms with E-state index in [-0.39, 0.29) is 17.0 Å². The average molecular weight is 280 g/mol. The van der Waals surface area contributed by atoms with E-state index < -0.39 is 30.5 Å². The zero-order valence-electron chi connectivity index (χ0n) is 9.95. The minimum Gasteiger partial charge on any atom is -0.547 e. The smallest absolute Gasteiger partial charge is 0.167 e. The third-order valence-corrected chi connectivity index (χ3v) is 3.13. The number of hydrogen-bond acceptors (Lipinski definition) is 9. The molecule has 3 heterocycles. The van der Waals surface area contributed by atoms with Crippen molar-refractivity contribution in [2.75, 3.05) is 5.73 Å². The number of aliphatic hydroxyl groups is 2. The number of carbonyl (C=O) groups is 1. The molecule has 0 aromatic carbocycles. The van der Waals surface area contributed by atoms with Crippen LogP contribution in [-0.2, 0) is 9.53 Å². The number of ether oxygens (including phenoxy) is 1. The number of rotatable bonds is 2. The Bertz CT molecular complexity index is 673. The fourth-order valence-corrected chi connectivity index (χ4v) is 2.14. The van der Waals surface area contributed by atoms with Gasteiger partial charge in [-0.25, -0.2) is 15.0 Å². The molecule has 0 spiro atoms. The molecule has 20 heavy (non-hydrogen) atoms. The molecule has 3 rings (SSSR count). The number of fused-ring (bicyclic) bond motifs is 1. The van der Waals surface area contributed by atoms with Crippen LogP contribution in [0.2, 0.25) is 0 Å². The lowest BCUT2D eigenvalue weighted by atomic mass is 10.1. The Kier molecular flexibility index (Phi) is 2.78. The second kappa shape index (κ2) is 4.37. The summed E-state index contributed by atoms with van der Waals surface area (Å²) in [7, 11) is 0. The quantitative estimate of drug-likeness (QED) is 0.514. The number of anilines is 1. The lowest BCUT2D eigenvalue weighted by Crippen LogP contribution is -2.43. The summed E-state index contributed by atoms with van der Waals surface area (Å²) >= 11 is 0. The van der Waals surface area contributed by atoms with Crippen molar-refractivity contribution in [2.45, 2.75) is 24.5 Å². The average Bonchev–Trinajstić information content (AvgIpc) is 2.94. The molecule has 1 fully saturated rings. The summed E-state index contributed by atoms with van der Waals surface area (Å²) in [4.78, 5) is 22.5. The van der Waals surface area contributed by atoms with Gasteiger partial charge >= 0.3 is 0 Å². The zero-order chi connectivity index (χ0) is 14.4. The minimum absolute atomic E-state index is 0.137. The van der Waals surface area contributed by atoms with Gasteiger partial charge < -0.3 is 30.6 Å². The Hall–Kier alpha value is -2.30. The van der Waals surface area contributed by atoms with Crippen molar-refractivity contribution < 1.29 is 24.9 Å². The Morgan fingerprint density at radius 3 is 2.75 bits per heavy atom. The molecule has 0 aliphatic carbocycles. The SMILES string of the molecule is Nc1ncnc2c1ncn2[C@@H]1O[C@@H](C(=O)[O-])[C@@H](O)[C@H]1O. The highest BCUT2D eigenvalue weighted by atomic mass is 16.6. The van der Waals surface area contributed by atoms with E-state index in [0.29, 0.717) is 0 Å². The van der Waals surface area contributed by atoms with E-state index in [0.717, 1.165) is 0 Å². The summed E-state index contributed by atoms with van der Waals surface area (Å²) in [5, 5.41) is 30.3. The summed E-state index contributed by atoms with van der Waals surface area (Å²) in [5.74, 6) is -1.48. The van der Waals surface area contributed by atoms with Crippen LogP contribution in [0.3, 0.4) is 0 Å². The first-order valence-electron chi connectivity index (χ1n) is 5.66. The molecule has 4 atom stereocenters. The van der Waals surface area contributed by atoms with Gasteiger partial charge in [0.25, 0.3) is 0 Å². The molecular weight excluding hydrogens is 270 g/mol. The number of carboxylic acid groups (broad SMARTS) is 1. The molecule has 0 bridgehead atoms. The number of nitrogen functional groups attached to an aromatic ring is 1. The molecule has 10 nitrogen and oxygen atoms in total.